The van der Waals surface area contributed by atoms with E-state index in [0.29, 0.717) is 23.1 Å². The number of anilines is 1. The molecular weight excluding hydrogens is 388 g/mol. The lowest BCUT2D eigenvalue weighted by atomic mass is 10.2. The van der Waals surface area contributed by atoms with E-state index >= 15 is 0 Å². The van der Waals surface area contributed by atoms with Crippen molar-refractivity contribution in [1.82, 2.24) is 24.4 Å². The van der Waals surface area contributed by atoms with Gasteiger partial charge in [-0.25, -0.2) is 13.5 Å². The number of hydrogen-bond acceptors (Lipinski definition) is 7. The second-order valence-corrected chi connectivity index (χ2v) is 9.19. The number of amides is 1. The van der Waals surface area contributed by atoms with E-state index in [4.69, 9.17) is 5.73 Å². The molecule has 0 aliphatic carbocycles. The van der Waals surface area contributed by atoms with Crippen LogP contribution in [0.5, 0.6) is 0 Å². The van der Waals surface area contributed by atoms with Crippen LogP contribution in [-0.4, -0.2) is 70.6 Å². The average Bonchev–Trinajstić information content (AvgIpc) is 3.05. The number of aromatic nitrogens is 3. The molecule has 1 amide bonds. The Morgan fingerprint density at radius 2 is 1.96 bits per heavy atom. The van der Waals surface area contributed by atoms with Crippen LogP contribution < -0.4 is 5.73 Å². The van der Waals surface area contributed by atoms with Gasteiger partial charge in [0, 0.05) is 26.2 Å². The summed E-state index contributed by atoms with van der Waals surface area (Å²) in [5, 5.41) is 6.80. The zero-order valence-electron chi connectivity index (χ0n) is 15.2. The quantitative estimate of drug-likeness (QED) is 0.693. The van der Waals surface area contributed by atoms with Crippen molar-refractivity contribution >= 4 is 33.6 Å². The number of rotatable bonds is 5. The minimum Gasteiger partial charge on any atom is -0.368 e. The summed E-state index contributed by atoms with van der Waals surface area (Å²) in [6.45, 7) is 5.00. The fourth-order valence-corrected chi connectivity index (χ4v) is 5.28. The van der Waals surface area contributed by atoms with Crippen LogP contribution in [0.2, 0.25) is 0 Å². The maximum absolute atomic E-state index is 12.9. The Labute approximate surface area is 162 Å². The topological polar surface area (TPSA) is 125 Å². The number of sulfonamides is 1. The Morgan fingerprint density at radius 3 is 2.56 bits per heavy atom. The van der Waals surface area contributed by atoms with Crippen LogP contribution in [0.25, 0.3) is 0 Å². The first-order valence-electron chi connectivity index (χ1n) is 8.43. The Morgan fingerprint density at radius 1 is 1.26 bits per heavy atom. The average molecular weight is 411 g/mol. The van der Waals surface area contributed by atoms with Crippen molar-refractivity contribution < 1.29 is 13.2 Å². The number of carbonyl (C=O) groups is 1. The van der Waals surface area contributed by atoms with Crippen molar-refractivity contribution in [2.75, 3.05) is 37.7 Å². The molecule has 0 atom stereocenters. The number of aryl methyl sites for hydroxylation is 2. The number of nitrogens with one attached hydrogen (secondary N) is 1. The van der Waals surface area contributed by atoms with Crippen molar-refractivity contribution in [3.8, 4) is 0 Å². The molecule has 0 unspecified atom stereocenters. The molecule has 1 saturated heterocycles. The standard InChI is InChI=1S/C16H22N6O3S2/c1-11-3-4-13(12(2)9-11)27(24,25)22-7-5-21(6-8-22)14(23)10-26-16-18-15(17)19-20-16/h3-4,9H,5-8,10H2,1-2H3,(H3,17,18,19,20). The summed E-state index contributed by atoms with van der Waals surface area (Å²) in [5.41, 5.74) is 7.20. The maximum atomic E-state index is 12.9. The molecule has 1 aromatic heterocycles. The van der Waals surface area contributed by atoms with E-state index in [1.165, 1.54) is 16.1 Å². The zero-order chi connectivity index (χ0) is 19.6. The van der Waals surface area contributed by atoms with Crippen LogP contribution in [0.4, 0.5) is 5.95 Å². The van der Waals surface area contributed by atoms with Crippen LogP contribution in [0.15, 0.2) is 28.3 Å². The molecule has 0 bridgehead atoms. The first-order chi connectivity index (χ1) is 12.8. The normalized spacial score (nSPS) is 15.9. The van der Waals surface area contributed by atoms with Gasteiger partial charge in [-0.15, -0.1) is 5.10 Å². The van der Waals surface area contributed by atoms with E-state index in [-0.39, 0.29) is 30.7 Å². The summed E-state index contributed by atoms with van der Waals surface area (Å²) >= 11 is 1.19. The van der Waals surface area contributed by atoms with Gasteiger partial charge in [0.25, 0.3) is 0 Å². The monoisotopic (exact) mass is 410 g/mol. The molecule has 2 aromatic rings. The SMILES string of the molecule is Cc1ccc(S(=O)(=O)N2CCN(C(=O)CSc3n[nH]c(N)n3)CC2)c(C)c1. The minimum absolute atomic E-state index is 0.0769. The molecule has 3 rings (SSSR count). The number of nitrogens with two attached hydrogens (primary N) is 1. The molecule has 27 heavy (non-hydrogen) atoms. The molecule has 146 valence electrons. The van der Waals surface area contributed by atoms with Crippen molar-refractivity contribution in [2.45, 2.75) is 23.9 Å². The van der Waals surface area contributed by atoms with Gasteiger partial charge in [-0.3, -0.25) is 4.79 Å². The molecule has 2 heterocycles. The van der Waals surface area contributed by atoms with E-state index in [9.17, 15) is 13.2 Å². The van der Waals surface area contributed by atoms with Gasteiger partial charge in [0.2, 0.25) is 27.0 Å². The van der Waals surface area contributed by atoms with Crippen molar-refractivity contribution in [3.05, 3.63) is 29.3 Å². The van der Waals surface area contributed by atoms with Crippen LogP contribution in [-0.2, 0) is 14.8 Å². The van der Waals surface area contributed by atoms with Crippen molar-refractivity contribution in [2.24, 2.45) is 0 Å². The number of benzene rings is 1. The van der Waals surface area contributed by atoms with E-state index < -0.39 is 10.0 Å². The van der Waals surface area contributed by atoms with E-state index in [0.717, 1.165) is 11.1 Å². The van der Waals surface area contributed by atoms with E-state index in [2.05, 4.69) is 15.2 Å². The molecule has 1 aromatic carbocycles. The first kappa shape index (κ1) is 19.6. The Balaban J connectivity index is 1.58. The van der Waals surface area contributed by atoms with E-state index in [1.807, 2.05) is 13.0 Å². The second-order valence-electron chi connectivity index (χ2n) is 6.35. The molecule has 1 fully saturated rings. The third-order valence-corrected chi connectivity index (χ3v) is 7.24. The highest BCUT2D eigenvalue weighted by molar-refractivity contribution is 7.99. The van der Waals surface area contributed by atoms with E-state index in [1.54, 1.807) is 24.0 Å². The number of nitrogen functional groups attached to an aromatic ring is 1. The molecule has 0 radical (unpaired) electrons. The smallest absolute Gasteiger partial charge is 0.243 e. The number of hydrogen-bond donors (Lipinski definition) is 2. The highest BCUT2D eigenvalue weighted by Crippen LogP contribution is 2.22. The number of H-pyrrole nitrogens is 1. The van der Waals surface area contributed by atoms with Gasteiger partial charge < -0.3 is 10.6 Å². The molecule has 0 saturated carbocycles. The van der Waals surface area contributed by atoms with Crippen molar-refractivity contribution in [3.63, 3.8) is 0 Å². The molecule has 3 N–H and O–H groups in total. The van der Waals surface area contributed by atoms with Gasteiger partial charge in [0.05, 0.1) is 10.6 Å². The third-order valence-electron chi connectivity index (χ3n) is 4.35. The van der Waals surface area contributed by atoms with Gasteiger partial charge >= 0.3 is 0 Å². The summed E-state index contributed by atoms with van der Waals surface area (Å²) in [4.78, 5) is 18.3. The first-order valence-corrected chi connectivity index (χ1v) is 10.9. The molecule has 1 aliphatic heterocycles. The maximum Gasteiger partial charge on any atom is 0.243 e. The lowest BCUT2D eigenvalue weighted by molar-refractivity contribution is -0.129. The summed E-state index contributed by atoms with van der Waals surface area (Å²) < 4.78 is 27.2. The molecule has 0 spiro atoms. The predicted octanol–water partition coefficient (Wildman–Crippen LogP) is 0.629. The van der Waals surface area contributed by atoms with Crippen molar-refractivity contribution in [1.29, 1.82) is 0 Å². The highest BCUT2D eigenvalue weighted by atomic mass is 32.2. The summed E-state index contributed by atoms with van der Waals surface area (Å²) in [7, 11) is -3.56. The lowest BCUT2D eigenvalue weighted by Gasteiger charge is -2.34. The summed E-state index contributed by atoms with van der Waals surface area (Å²) in [6, 6.07) is 5.31. The van der Waals surface area contributed by atoms with Crippen LogP contribution in [0, 0.1) is 13.8 Å². The number of nitrogens with zero attached hydrogens (tertiary/aromatic N) is 4. The number of piperazine rings is 1. The zero-order valence-corrected chi connectivity index (χ0v) is 16.8. The molecular formula is C16H22N6O3S2. The van der Waals surface area contributed by atoms with Gasteiger partial charge in [-0.05, 0) is 25.5 Å². The third kappa shape index (κ3) is 4.42. The lowest BCUT2D eigenvalue weighted by Crippen LogP contribution is -2.51. The van der Waals surface area contributed by atoms with Gasteiger partial charge in [-0.1, -0.05) is 29.5 Å². The highest BCUT2D eigenvalue weighted by Gasteiger charge is 2.31. The summed E-state index contributed by atoms with van der Waals surface area (Å²) in [5.74, 6) is 0.309. The van der Waals surface area contributed by atoms with Gasteiger partial charge in [0.1, 0.15) is 0 Å². The van der Waals surface area contributed by atoms with Gasteiger partial charge in [-0.2, -0.15) is 9.29 Å². The van der Waals surface area contributed by atoms with Crippen LogP contribution in [0.3, 0.4) is 0 Å². The molecule has 11 heteroatoms. The molecule has 1 aliphatic rings. The molecule has 9 nitrogen and oxygen atoms in total. The number of thioether (sulfide) groups is 1. The predicted molar refractivity (Wildman–Crippen MR) is 103 cm³/mol. The fourth-order valence-electron chi connectivity index (χ4n) is 2.95. The minimum atomic E-state index is -3.56. The fraction of sp³-hybridized carbons (Fsp3) is 0.438. The van der Waals surface area contributed by atoms with Gasteiger partial charge in [0.15, 0.2) is 0 Å². The second kappa shape index (κ2) is 7.87. The number of aromatic amines is 1. The Kier molecular flexibility index (Phi) is 5.72. The largest absolute Gasteiger partial charge is 0.368 e. The van der Waals surface area contributed by atoms with Crippen LogP contribution in [0.1, 0.15) is 11.1 Å². The summed E-state index contributed by atoms with van der Waals surface area (Å²) in [6.07, 6.45) is 0. The number of carbonyl (C=O) groups excluding carboxylic acids is 1. The Hall–Kier alpha value is -2.11. The van der Waals surface area contributed by atoms with Crippen LogP contribution >= 0.6 is 11.8 Å². The Bertz CT molecular complexity index is 935.